The SMILES string of the molecule is CCN(CC(C)C#N)C(=O)CS(C)(=O)=O. The van der Waals surface area contributed by atoms with Crippen molar-refractivity contribution in [3.63, 3.8) is 0 Å². The zero-order chi connectivity index (χ0) is 12.1. The molecule has 6 heteroatoms. The van der Waals surface area contributed by atoms with E-state index in [2.05, 4.69) is 0 Å². The molecule has 0 aromatic heterocycles. The van der Waals surface area contributed by atoms with Gasteiger partial charge in [-0.15, -0.1) is 0 Å². The number of sulfone groups is 1. The first-order valence-corrected chi connectivity index (χ1v) is 6.71. The summed E-state index contributed by atoms with van der Waals surface area (Å²) in [5.41, 5.74) is 0. The van der Waals surface area contributed by atoms with Crippen LogP contribution in [-0.2, 0) is 14.6 Å². The lowest BCUT2D eigenvalue weighted by molar-refractivity contribution is -0.128. The van der Waals surface area contributed by atoms with Crippen molar-refractivity contribution in [2.75, 3.05) is 25.1 Å². The molecule has 5 nitrogen and oxygen atoms in total. The fourth-order valence-electron chi connectivity index (χ4n) is 1.09. The molecule has 0 aliphatic heterocycles. The van der Waals surface area contributed by atoms with Crippen molar-refractivity contribution in [1.29, 1.82) is 5.26 Å². The molecule has 15 heavy (non-hydrogen) atoms. The van der Waals surface area contributed by atoms with E-state index in [1.54, 1.807) is 13.8 Å². The Hall–Kier alpha value is -1.09. The molecule has 0 spiro atoms. The highest BCUT2D eigenvalue weighted by Gasteiger charge is 2.18. The molecule has 0 heterocycles. The van der Waals surface area contributed by atoms with E-state index in [9.17, 15) is 13.2 Å². The highest BCUT2D eigenvalue weighted by atomic mass is 32.2. The number of carbonyl (C=O) groups excluding carboxylic acids is 1. The number of nitriles is 1. The summed E-state index contributed by atoms with van der Waals surface area (Å²) in [5, 5.41) is 8.59. The van der Waals surface area contributed by atoms with Crippen LogP contribution in [0, 0.1) is 17.2 Å². The minimum absolute atomic E-state index is 0.279. The summed E-state index contributed by atoms with van der Waals surface area (Å²) in [6.45, 7) is 4.14. The van der Waals surface area contributed by atoms with Gasteiger partial charge in [0.25, 0.3) is 0 Å². The minimum atomic E-state index is -3.30. The quantitative estimate of drug-likeness (QED) is 0.670. The standard InChI is InChI=1S/C9H16N2O3S/c1-4-11(6-8(2)5-10)9(12)7-15(3,13)14/h8H,4,6-7H2,1-3H3. The van der Waals surface area contributed by atoms with E-state index in [0.29, 0.717) is 6.54 Å². The van der Waals surface area contributed by atoms with Crippen molar-refractivity contribution in [2.45, 2.75) is 13.8 Å². The van der Waals surface area contributed by atoms with Crippen molar-refractivity contribution in [1.82, 2.24) is 4.90 Å². The average molecular weight is 232 g/mol. The monoisotopic (exact) mass is 232 g/mol. The maximum Gasteiger partial charge on any atom is 0.237 e. The van der Waals surface area contributed by atoms with Crippen molar-refractivity contribution in [3.8, 4) is 6.07 Å². The van der Waals surface area contributed by atoms with Gasteiger partial charge in [-0.1, -0.05) is 0 Å². The Bertz CT molecular complexity index is 356. The van der Waals surface area contributed by atoms with Gasteiger partial charge in [0.1, 0.15) is 5.75 Å². The average Bonchev–Trinajstić information content (AvgIpc) is 2.10. The van der Waals surface area contributed by atoms with Crippen LogP contribution in [0.2, 0.25) is 0 Å². The van der Waals surface area contributed by atoms with E-state index in [4.69, 9.17) is 5.26 Å². The summed E-state index contributed by atoms with van der Waals surface area (Å²) in [4.78, 5) is 12.9. The Morgan fingerprint density at radius 1 is 1.53 bits per heavy atom. The third-order valence-electron chi connectivity index (χ3n) is 1.83. The Kier molecular flexibility index (Phi) is 5.29. The van der Waals surface area contributed by atoms with Crippen molar-refractivity contribution in [2.24, 2.45) is 5.92 Å². The molecule has 0 fully saturated rings. The van der Waals surface area contributed by atoms with Crippen LogP contribution in [0.15, 0.2) is 0 Å². The molecule has 0 rings (SSSR count). The minimum Gasteiger partial charge on any atom is -0.341 e. The fourth-order valence-corrected chi connectivity index (χ4v) is 1.73. The second kappa shape index (κ2) is 5.71. The van der Waals surface area contributed by atoms with Crippen molar-refractivity contribution in [3.05, 3.63) is 0 Å². The molecule has 0 saturated heterocycles. The Labute approximate surface area is 90.6 Å². The predicted octanol–water partition coefficient (Wildman–Crippen LogP) is 0.0392. The topological polar surface area (TPSA) is 78.2 Å². The molecule has 0 aliphatic carbocycles. The molecule has 1 unspecified atom stereocenters. The lowest BCUT2D eigenvalue weighted by Crippen LogP contribution is -2.38. The van der Waals surface area contributed by atoms with E-state index in [1.165, 1.54) is 4.90 Å². The van der Waals surface area contributed by atoms with Gasteiger partial charge in [0.05, 0.1) is 12.0 Å². The van der Waals surface area contributed by atoms with Crippen molar-refractivity contribution < 1.29 is 13.2 Å². The summed E-state index contributed by atoms with van der Waals surface area (Å²) in [6, 6.07) is 2.00. The zero-order valence-electron chi connectivity index (χ0n) is 9.23. The molecule has 0 bridgehead atoms. The van der Waals surface area contributed by atoms with Crippen LogP contribution in [0.1, 0.15) is 13.8 Å². The molecule has 0 aliphatic rings. The number of nitrogens with zero attached hydrogens (tertiary/aromatic N) is 2. The predicted molar refractivity (Wildman–Crippen MR) is 56.7 cm³/mol. The summed E-state index contributed by atoms with van der Waals surface area (Å²) >= 11 is 0. The second-order valence-electron chi connectivity index (χ2n) is 3.53. The van der Waals surface area contributed by atoms with Gasteiger partial charge in [-0.3, -0.25) is 4.79 Å². The molecule has 0 radical (unpaired) electrons. The molecule has 0 saturated carbocycles. The zero-order valence-corrected chi connectivity index (χ0v) is 10.0. The largest absolute Gasteiger partial charge is 0.341 e. The van der Waals surface area contributed by atoms with Crippen LogP contribution >= 0.6 is 0 Å². The molecular weight excluding hydrogens is 216 g/mol. The number of rotatable bonds is 5. The van der Waals surface area contributed by atoms with Gasteiger partial charge < -0.3 is 4.90 Å². The van der Waals surface area contributed by atoms with E-state index in [-0.39, 0.29) is 12.5 Å². The molecular formula is C9H16N2O3S. The van der Waals surface area contributed by atoms with Crippen LogP contribution in [0.5, 0.6) is 0 Å². The van der Waals surface area contributed by atoms with Gasteiger partial charge in [-0.05, 0) is 13.8 Å². The number of carbonyl (C=O) groups is 1. The normalized spacial score (nSPS) is 12.9. The number of amides is 1. The van der Waals surface area contributed by atoms with Gasteiger partial charge in [0.2, 0.25) is 5.91 Å². The summed E-state index contributed by atoms with van der Waals surface area (Å²) in [7, 11) is -3.30. The van der Waals surface area contributed by atoms with Gasteiger partial charge in [-0.25, -0.2) is 8.42 Å². The van der Waals surface area contributed by atoms with Crippen LogP contribution in [0.3, 0.4) is 0 Å². The molecule has 0 N–H and O–H groups in total. The fraction of sp³-hybridized carbons (Fsp3) is 0.778. The lowest BCUT2D eigenvalue weighted by atomic mass is 10.2. The highest BCUT2D eigenvalue weighted by Crippen LogP contribution is 2.00. The molecule has 86 valence electrons. The molecule has 0 aromatic carbocycles. The third-order valence-corrected chi connectivity index (χ3v) is 2.61. The maximum absolute atomic E-state index is 11.5. The Balaban J connectivity index is 4.44. The third kappa shape index (κ3) is 6.07. The Morgan fingerprint density at radius 3 is 2.40 bits per heavy atom. The van der Waals surface area contributed by atoms with E-state index in [0.717, 1.165) is 6.26 Å². The lowest BCUT2D eigenvalue weighted by Gasteiger charge is -2.21. The van der Waals surface area contributed by atoms with Gasteiger partial charge in [-0.2, -0.15) is 5.26 Å². The number of hydrogen-bond acceptors (Lipinski definition) is 4. The van der Waals surface area contributed by atoms with E-state index >= 15 is 0 Å². The van der Waals surface area contributed by atoms with Crippen LogP contribution in [-0.4, -0.2) is 44.3 Å². The maximum atomic E-state index is 11.5. The summed E-state index contributed by atoms with van der Waals surface area (Å²) in [5.74, 6) is -1.21. The number of hydrogen-bond donors (Lipinski definition) is 0. The van der Waals surface area contributed by atoms with Crippen LogP contribution in [0.4, 0.5) is 0 Å². The first kappa shape index (κ1) is 13.9. The summed E-state index contributed by atoms with van der Waals surface area (Å²) in [6.07, 6.45) is 1.02. The first-order chi connectivity index (χ1) is 6.80. The van der Waals surface area contributed by atoms with Gasteiger partial charge >= 0.3 is 0 Å². The van der Waals surface area contributed by atoms with Crippen LogP contribution < -0.4 is 0 Å². The molecule has 1 atom stereocenters. The highest BCUT2D eigenvalue weighted by molar-refractivity contribution is 7.91. The second-order valence-corrected chi connectivity index (χ2v) is 5.67. The van der Waals surface area contributed by atoms with E-state index < -0.39 is 21.5 Å². The smallest absolute Gasteiger partial charge is 0.237 e. The molecule has 0 aromatic rings. The molecule has 1 amide bonds. The first-order valence-electron chi connectivity index (χ1n) is 4.65. The Morgan fingerprint density at radius 2 is 2.07 bits per heavy atom. The van der Waals surface area contributed by atoms with Crippen LogP contribution in [0.25, 0.3) is 0 Å². The van der Waals surface area contributed by atoms with E-state index in [1.807, 2.05) is 6.07 Å². The van der Waals surface area contributed by atoms with Gasteiger partial charge in [0.15, 0.2) is 9.84 Å². The van der Waals surface area contributed by atoms with Crippen molar-refractivity contribution >= 4 is 15.7 Å². The summed E-state index contributed by atoms with van der Waals surface area (Å²) < 4.78 is 21.8. The van der Waals surface area contributed by atoms with Gasteiger partial charge in [0, 0.05) is 19.3 Å².